The lowest BCUT2D eigenvalue weighted by Gasteiger charge is -2.26. The van der Waals surface area contributed by atoms with Gasteiger partial charge in [-0.1, -0.05) is 0 Å². The maximum absolute atomic E-state index is 10.4. The molecule has 0 aromatic rings. The van der Waals surface area contributed by atoms with Crippen LogP contribution in [0.3, 0.4) is 0 Å². The Kier molecular flexibility index (Phi) is 2.18. The topological polar surface area (TPSA) is 35.6 Å². The summed E-state index contributed by atoms with van der Waals surface area (Å²) in [6.45, 7) is 1.91. The lowest BCUT2D eigenvalue weighted by Crippen LogP contribution is -2.35. The minimum Gasteiger partial charge on any atom is -0.751 e. The van der Waals surface area contributed by atoms with E-state index in [0.29, 0.717) is 0 Å². The van der Waals surface area contributed by atoms with E-state index in [0.717, 1.165) is 6.41 Å². The van der Waals surface area contributed by atoms with Crippen molar-refractivity contribution in [2.45, 2.75) is 18.6 Å². The number of nitrogens with zero attached hydrogens (tertiary/aromatic N) is 2. The Bertz CT molecular complexity index is 143. The van der Waals surface area contributed by atoms with Gasteiger partial charge < -0.3 is 17.5 Å². The number of carbonyl (C=O) groups excluding carboxylic acids is 1. The third-order valence-electron chi connectivity index (χ3n) is 1.70. The van der Waals surface area contributed by atoms with Gasteiger partial charge in [-0.25, -0.2) is 5.01 Å². The van der Waals surface area contributed by atoms with E-state index < -0.39 is 0 Å². The molecular formula is C5H10N3OS-. The molecule has 10 heavy (non-hydrogen) atoms. The smallest absolute Gasteiger partial charge is 0.210 e. The Morgan fingerprint density at radius 3 is 2.50 bits per heavy atom. The fraction of sp³-hybridized carbons (Fsp3) is 0.800. The van der Waals surface area contributed by atoms with Crippen molar-refractivity contribution < 1.29 is 4.79 Å². The molecule has 1 saturated heterocycles. The largest absolute Gasteiger partial charge is 0.751 e. The third kappa shape index (κ3) is 1.12. The van der Waals surface area contributed by atoms with E-state index in [1.807, 2.05) is 19.0 Å². The zero-order valence-electron chi connectivity index (χ0n) is 5.94. The molecule has 0 bridgehead atoms. The van der Waals surface area contributed by atoms with Crippen LogP contribution < -0.4 is 5.43 Å². The van der Waals surface area contributed by atoms with E-state index in [-0.39, 0.29) is 11.7 Å². The Morgan fingerprint density at radius 1 is 1.70 bits per heavy atom. The van der Waals surface area contributed by atoms with Crippen molar-refractivity contribution >= 4 is 19.0 Å². The number of hydrazine groups is 1. The molecule has 1 aliphatic heterocycles. The summed E-state index contributed by atoms with van der Waals surface area (Å²) in [4.78, 5) is 11.9. The lowest BCUT2D eigenvalue weighted by molar-refractivity contribution is -0.120. The number of carbonyl (C=O) groups is 1. The molecule has 1 N–H and O–H groups in total. The normalized spacial score (nSPS) is 34.9. The molecule has 5 heteroatoms. The second-order valence-corrected chi connectivity index (χ2v) is 2.72. The number of nitrogens with one attached hydrogen (secondary N) is 1. The van der Waals surface area contributed by atoms with E-state index in [1.165, 1.54) is 4.90 Å². The standard InChI is InChI=1S/C5H11N3OS/c1-4-7(2)6-5(10)8(4)3-9/h3-6,10H,1-2H3/p-1. The number of hydrogen-bond donors (Lipinski definition) is 1. The molecule has 4 nitrogen and oxygen atoms in total. The third-order valence-corrected chi connectivity index (χ3v) is 2.05. The average Bonchev–Trinajstić information content (AvgIpc) is 2.09. The molecule has 2 atom stereocenters. The summed E-state index contributed by atoms with van der Waals surface area (Å²) in [6.07, 6.45) is 0.818. The molecule has 1 aliphatic rings. The van der Waals surface area contributed by atoms with Crippen molar-refractivity contribution in [3.05, 3.63) is 0 Å². The zero-order chi connectivity index (χ0) is 7.72. The SMILES string of the molecule is CC1N(C)NC([S-])N1C=O. The molecule has 1 fully saturated rings. The summed E-state index contributed by atoms with van der Waals surface area (Å²) in [6, 6.07) is 0. The van der Waals surface area contributed by atoms with Crippen LogP contribution in [0.25, 0.3) is 0 Å². The van der Waals surface area contributed by atoms with Gasteiger partial charge in [0.1, 0.15) is 0 Å². The molecule has 1 amide bonds. The van der Waals surface area contributed by atoms with Gasteiger partial charge in [0, 0.05) is 7.05 Å². The van der Waals surface area contributed by atoms with Crippen LogP contribution in [0.2, 0.25) is 0 Å². The highest BCUT2D eigenvalue weighted by atomic mass is 32.1. The van der Waals surface area contributed by atoms with E-state index in [1.54, 1.807) is 0 Å². The summed E-state index contributed by atoms with van der Waals surface area (Å²) in [5, 5.41) is 1.81. The zero-order valence-corrected chi connectivity index (χ0v) is 6.76. The molecule has 1 heterocycles. The first-order chi connectivity index (χ1) is 4.66. The minimum absolute atomic E-state index is 0.0556. The predicted octanol–water partition coefficient (Wildman–Crippen LogP) is -0.929. The van der Waals surface area contributed by atoms with Crippen LogP contribution in [0.4, 0.5) is 0 Å². The quantitative estimate of drug-likeness (QED) is 0.397. The van der Waals surface area contributed by atoms with E-state index in [2.05, 4.69) is 5.43 Å². The first kappa shape index (κ1) is 7.84. The van der Waals surface area contributed by atoms with Crippen molar-refractivity contribution in [2.75, 3.05) is 7.05 Å². The Hall–Kier alpha value is -0.260. The number of amides is 1. The van der Waals surface area contributed by atoms with Crippen LogP contribution in [0.1, 0.15) is 6.92 Å². The van der Waals surface area contributed by atoms with Crippen molar-refractivity contribution in [2.24, 2.45) is 0 Å². The Morgan fingerprint density at radius 2 is 2.30 bits per heavy atom. The Labute approximate surface area is 65.5 Å². The van der Waals surface area contributed by atoms with Gasteiger partial charge in [0.2, 0.25) is 6.41 Å². The van der Waals surface area contributed by atoms with Crippen LogP contribution >= 0.6 is 0 Å². The van der Waals surface area contributed by atoms with E-state index >= 15 is 0 Å². The first-order valence-corrected chi connectivity index (χ1v) is 3.51. The molecule has 0 spiro atoms. The predicted molar refractivity (Wildman–Crippen MR) is 39.4 cm³/mol. The van der Waals surface area contributed by atoms with Crippen molar-refractivity contribution in [3.63, 3.8) is 0 Å². The van der Waals surface area contributed by atoms with Crippen molar-refractivity contribution in [3.8, 4) is 0 Å². The minimum atomic E-state index is -0.294. The summed E-state index contributed by atoms with van der Waals surface area (Å²) < 4.78 is 0. The summed E-state index contributed by atoms with van der Waals surface area (Å²) in [7, 11) is 1.85. The Balaban J connectivity index is 2.63. The van der Waals surface area contributed by atoms with Gasteiger partial charge >= 0.3 is 0 Å². The highest BCUT2D eigenvalue weighted by Crippen LogP contribution is 2.09. The summed E-state index contributed by atoms with van der Waals surface area (Å²) >= 11 is 4.92. The second kappa shape index (κ2) is 2.77. The molecule has 0 aromatic heterocycles. The molecular weight excluding hydrogens is 150 g/mol. The lowest BCUT2D eigenvalue weighted by atomic mass is 10.5. The maximum Gasteiger partial charge on any atom is 0.210 e. The molecule has 0 radical (unpaired) electrons. The van der Waals surface area contributed by atoms with Gasteiger partial charge in [-0.2, -0.15) is 0 Å². The van der Waals surface area contributed by atoms with Crippen LogP contribution in [0, 0.1) is 0 Å². The highest BCUT2D eigenvalue weighted by molar-refractivity contribution is 7.59. The van der Waals surface area contributed by atoms with E-state index in [4.69, 9.17) is 12.6 Å². The second-order valence-electron chi connectivity index (χ2n) is 2.28. The van der Waals surface area contributed by atoms with Gasteiger partial charge in [0.15, 0.2) is 0 Å². The summed E-state index contributed by atoms with van der Waals surface area (Å²) in [5.74, 6) is 0. The van der Waals surface area contributed by atoms with Gasteiger partial charge in [-0.15, -0.1) is 0 Å². The van der Waals surface area contributed by atoms with Gasteiger partial charge in [0.05, 0.1) is 6.17 Å². The fourth-order valence-electron chi connectivity index (χ4n) is 0.888. The van der Waals surface area contributed by atoms with Gasteiger partial charge in [-0.3, -0.25) is 10.2 Å². The van der Waals surface area contributed by atoms with Crippen LogP contribution in [-0.2, 0) is 17.4 Å². The molecule has 1 rings (SSSR count). The van der Waals surface area contributed by atoms with E-state index in [9.17, 15) is 4.79 Å². The number of rotatable bonds is 1. The fourth-order valence-corrected chi connectivity index (χ4v) is 1.28. The average molecular weight is 160 g/mol. The van der Waals surface area contributed by atoms with Crippen LogP contribution in [-0.4, -0.2) is 35.0 Å². The maximum atomic E-state index is 10.4. The molecule has 0 saturated carbocycles. The monoisotopic (exact) mass is 160 g/mol. The molecule has 2 unspecified atom stereocenters. The van der Waals surface area contributed by atoms with Gasteiger partial charge in [-0.05, 0) is 12.4 Å². The molecule has 58 valence electrons. The van der Waals surface area contributed by atoms with Crippen molar-refractivity contribution in [1.82, 2.24) is 15.3 Å². The summed E-state index contributed by atoms with van der Waals surface area (Å²) in [5.41, 5.74) is 2.62. The highest BCUT2D eigenvalue weighted by Gasteiger charge is 2.24. The number of hydrogen-bond acceptors (Lipinski definition) is 4. The first-order valence-electron chi connectivity index (χ1n) is 3.04. The molecule has 0 aliphatic carbocycles. The van der Waals surface area contributed by atoms with Gasteiger partial charge in [0.25, 0.3) is 0 Å². The van der Waals surface area contributed by atoms with Crippen LogP contribution in [0.5, 0.6) is 0 Å². The van der Waals surface area contributed by atoms with Crippen LogP contribution in [0.15, 0.2) is 0 Å². The molecule has 0 aromatic carbocycles. The van der Waals surface area contributed by atoms with Crippen molar-refractivity contribution in [1.29, 1.82) is 0 Å².